The number of rotatable bonds is 1. The molecule has 0 atom stereocenters. The molecule has 0 aliphatic heterocycles. The molecule has 0 N–H and O–H groups in total. The molecule has 0 nitrogen and oxygen atoms in total. The van der Waals surface area contributed by atoms with Gasteiger partial charge in [-0.15, -0.1) is 11.3 Å². The molecule has 0 spiro atoms. The Hall–Kier alpha value is -0.790. The van der Waals surface area contributed by atoms with Gasteiger partial charge in [0.25, 0.3) is 0 Å². The molecule has 1 aromatic carbocycles. The van der Waals surface area contributed by atoms with Gasteiger partial charge in [-0.1, -0.05) is 23.7 Å². The highest BCUT2D eigenvalue weighted by Gasteiger charge is 2.02. The molecule has 0 saturated heterocycles. The number of aryl methyl sites for hydroxylation is 1. The van der Waals surface area contributed by atoms with Gasteiger partial charge in [-0.3, -0.25) is 0 Å². The van der Waals surface area contributed by atoms with Crippen LogP contribution in [0.4, 0.5) is 0 Å². The van der Waals surface area contributed by atoms with Gasteiger partial charge in [-0.2, -0.15) is 0 Å². The van der Waals surface area contributed by atoms with E-state index in [2.05, 4.69) is 30.5 Å². The van der Waals surface area contributed by atoms with Crippen molar-refractivity contribution in [2.75, 3.05) is 0 Å². The molecule has 2 aromatic rings. The Kier molecular flexibility index (Phi) is 2.38. The second kappa shape index (κ2) is 3.52. The van der Waals surface area contributed by atoms with Crippen molar-refractivity contribution in [1.29, 1.82) is 0 Å². The SMILES string of the molecule is Cc1ccc(Cl)cc1-c1cccs1. The van der Waals surface area contributed by atoms with Gasteiger partial charge < -0.3 is 0 Å². The van der Waals surface area contributed by atoms with Crippen LogP contribution in [0.1, 0.15) is 5.56 Å². The minimum Gasteiger partial charge on any atom is -0.144 e. The average molecular weight is 209 g/mol. The summed E-state index contributed by atoms with van der Waals surface area (Å²) in [5.74, 6) is 0. The van der Waals surface area contributed by atoms with E-state index in [1.165, 1.54) is 16.0 Å². The fourth-order valence-corrected chi connectivity index (χ4v) is 2.27. The van der Waals surface area contributed by atoms with Crippen LogP contribution in [0, 0.1) is 6.92 Å². The first kappa shape index (κ1) is 8.79. The van der Waals surface area contributed by atoms with E-state index in [0.717, 1.165) is 5.02 Å². The molecular formula is C11H9ClS. The van der Waals surface area contributed by atoms with Crippen molar-refractivity contribution < 1.29 is 0 Å². The monoisotopic (exact) mass is 208 g/mol. The van der Waals surface area contributed by atoms with E-state index in [4.69, 9.17) is 11.6 Å². The predicted octanol–water partition coefficient (Wildman–Crippen LogP) is 4.38. The summed E-state index contributed by atoms with van der Waals surface area (Å²) >= 11 is 7.68. The molecule has 0 fully saturated rings. The van der Waals surface area contributed by atoms with Crippen molar-refractivity contribution in [2.24, 2.45) is 0 Å². The quantitative estimate of drug-likeness (QED) is 0.653. The molecule has 13 heavy (non-hydrogen) atoms. The van der Waals surface area contributed by atoms with E-state index in [0.29, 0.717) is 0 Å². The lowest BCUT2D eigenvalue weighted by Crippen LogP contribution is -1.78. The maximum atomic E-state index is 5.94. The van der Waals surface area contributed by atoms with Crippen molar-refractivity contribution in [3.05, 3.63) is 46.3 Å². The first-order valence-corrected chi connectivity index (χ1v) is 5.33. The molecule has 0 radical (unpaired) electrons. The van der Waals surface area contributed by atoms with Crippen LogP contribution >= 0.6 is 22.9 Å². The lowest BCUT2D eigenvalue weighted by molar-refractivity contribution is 1.48. The smallest absolute Gasteiger partial charge is 0.0412 e. The topological polar surface area (TPSA) is 0 Å². The molecule has 2 heteroatoms. The molecule has 0 aliphatic carbocycles. The molecule has 0 unspecified atom stereocenters. The van der Waals surface area contributed by atoms with Gasteiger partial charge in [0.15, 0.2) is 0 Å². The summed E-state index contributed by atoms with van der Waals surface area (Å²) in [5, 5.41) is 2.88. The second-order valence-corrected chi connectivity index (χ2v) is 4.32. The van der Waals surface area contributed by atoms with E-state index < -0.39 is 0 Å². The largest absolute Gasteiger partial charge is 0.144 e. The van der Waals surface area contributed by atoms with Crippen molar-refractivity contribution in [2.45, 2.75) is 6.92 Å². The van der Waals surface area contributed by atoms with Crippen molar-refractivity contribution >= 4 is 22.9 Å². The van der Waals surface area contributed by atoms with E-state index in [-0.39, 0.29) is 0 Å². The number of hydrogen-bond donors (Lipinski definition) is 0. The summed E-state index contributed by atoms with van der Waals surface area (Å²) in [6, 6.07) is 10.2. The molecule has 0 saturated carbocycles. The maximum absolute atomic E-state index is 5.94. The van der Waals surface area contributed by atoms with E-state index in [1.807, 2.05) is 12.1 Å². The Labute approximate surface area is 86.8 Å². The van der Waals surface area contributed by atoms with Crippen molar-refractivity contribution in [3.8, 4) is 10.4 Å². The second-order valence-electron chi connectivity index (χ2n) is 2.94. The number of hydrogen-bond acceptors (Lipinski definition) is 1. The third kappa shape index (κ3) is 1.77. The molecule has 1 heterocycles. The Balaban J connectivity index is 2.57. The summed E-state index contributed by atoms with van der Waals surface area (Å²) in [6.45, 7) is 2.10. The van der Waals surface area contributed by atoms with Gasteiger partial charge in [0, 0.05) is 9.90 Å². The lowest BCUT2D eigenvalue weighted by Gasteiger charge is -2.02. The zero-order valence-corrected chi connectivity index (χ0v) is 8.82. The molecule has 1 aromatic heterocycles. The van der Waals surface area contributed by atoms with Gasteiger partial charge in [0.05, 0.1) is 0 Å². The van der Waals surface area contributed by atoms with Gasteiger partial charge in [0.1, 0.15) is 0 Å². The fraction of sp³-hybridized carbons (Fsp3) is 0.0909. The van der Waals surface area contributed by atoms with E-state index >= 15 is 0 Å². The van der Waals surface area contributed by atoms with Crippen LogP contribution in [0.3, 0.4) is 0 Å². The fourth-order valence-electron chi connectivity index (χ4n) is 1.29. The van der Waals surface area contributed by atoms with Crippen LogP contribution in [-0.4, -0.2) is 0 Å². The van der Waals surface area contributed by atoms with E-state index in [9.17, 15) is 0 Å². The molecule has 0 amide bonds. The highest BCUT2D eigenvalue weighted by Crippen LogP contribution is 2.29. The van der Waals surface area contributed by atoms with Gasteiger partial charge in [-0.05, 0) is 41.6 Å². The first-order chi connectivity index (χ1) is 6.27. The predicted molar refractivity (Wildman–Crippen MR) is 59.5 cm³/mol. The van der Waals surface area contributed by atoms with E-state index in [1.54, 1.807) is 11.3 Å². The summed E-state index contributed by atoms with van der Waals surface area (Å²) in [7, 11) is 0. The minimum absolute atomic E-state index is 0.800. The average Bonchev–Trinajstić information content (AvgIpc) is 2.61. The molecule has 0 aliphatic rings. The van der Waals surface area contributed by atoms with Crippen LogP contribution in [0.25, 0.3) is 10.4 Å². The highest BCUT2D eigenvalue weighted by molar-refractivity contribution is 7.13. The van der Waals surface area contributed by atoms with Crippen LogP contribution < -0.4 is 0 Å². The van der Waals surface area contributed by atoms with Gasteiger partial charge in [0.2, 0.25) is 0 Å². The Morgan fingerprint density at radius 2 is 2.08 bits per heavy atom. The Morgan fingerprint density at radius 1 is 1.23 bits per heavy atom. The first-order valence-electron chi connectivity index (χ1n) is 4.07. The zero-order chi connectivity index (χ0) is 9.26. The summed E-state index contributed by atoms with van der Waals surface area (Å²) in [5.41, 5.74) is 2.51. The Morgan fingerprint density at radius 3 is 2.77 bits per heavy atom. The molecule has 66 valence electrons. The van der Waals surface area contributed by atoms with Crippen LogP contribution in [-0.2, 0) is 0 Å². The highest BCUT2D eigenvalue weighted by atomic mass is 35.5. The van der Waals surface area contributed by atoms with Crippen LogP contribution in [0.15, 0.2) is 35.7 Å². The lowest BCUT2D eigenvalue weighted by atomic mass is 10.1. The molecular weight excluding hydrogens is 200 g/mol. The maximum Gasteiger partial charge on any atom is 0.0412 e. The number of halogens is 1. The Bertz CT molecular complexity index is 404. The van der Waals surface area contributed by atoms with Gasteiger partial charge >= 0.3 is 0 Å². The van der Waals surface area contributed by atoms with Gasteiger partial charge in [-0.25, -0.2) is 0 Å². The summed E-state index contributed by atoms with van der Waals surface area (Å²) in [4.78, 5) is 1.28. The van der Waals surface area contributed by atoms with Crippen LogP contribution in [0.5, 0.6) is 0 Å². The normalized spacial score (nSPS) is 10.3. The third-order valence-electron chi connectivity index (χ3n) is 1.99. The number of thiophene rings is 1. The minimum atomic E-state index is 0.800. The van der Waals surface area contributed by atoms with Crippen molar-refractivity contribution in [3.63, 3.8) is 0 Å². The zero-order valence-electron chi connectivity index (χ0n) is 7.25. The van der Waals surface area contributed by atoms with Crippen LogP contribution in [0.2, 0.25) is 5.02 Å². The number of benzene rings is 1. The molecule has 0 bridgehead atoms. The van der Waals surface area contributed by atoms with Crippen molar-refractivity contribution in [1.82, 2.24) is 0 Å². The molecule has 2 rings (SSSR count). The third-order valence-corrected chi connectivity index (χ3v) is 3.12. The summed E-state index contributed by atoms with van der Waals surface area (Å²) in [6.07, 6.45) is 0. The summed E-state index contributed by atoms with van der Waals surface area (Å²) < 4.78 is 0. The standard InChI is InChI=1S/C11H9ClS/c1-8-4-5-9(12)7-10(8)11-3-2-6-13-11/h2-7H,1H3.